The molecule has 0 saturated heterocycles. The molecule has 0 aliphatic rings. The van der Waals surface area contributed by atoms with Crippen LogP contribution in [0.5, 0.6) is 0 Å². The van der Waals surface area contributed by atoms with Gasteiger partial charge in [-0.15, -0.1) is 11.8 Å². The van der Waals surface area contributed by atoms with Gasteiger partial charge in [0.05, 0.1) is 10.6 Å². The second kappa shape index (κ2) is 5.67. The average molecular weight is 277 g/mol. The molecule has 0 bridgehead atoms. The van der Waals surface area contributed by atoms with E-state index in [9.17, 15) is 4.79 Å². The number of nitrogens with two attached hydrogens (primary N) is 2. The highest BCUT2D eigenvalue weighted by Crippen LogP contribution is 2.24. The number of benzene rings is 1. The number of H-pyrrole nitrogens is 1. The molecule has 0 spiro atoms. The molecule has 0 fully saturated rings. The van der Waals surface area contributed by atoms with Gasteiger partial charge in [0, 0.05) is 10.9 Å². The molecule has 2 aromatic rings. The van der Waals surface area contributed by atoms with Crippen LogP contribution in [0.1, 0.15) is 19.8 Å². The molecule has 2 rings (SSSR count). The summed E-state index contributed by atoms with van der Waals surface area (Å²) in [6.07, 6.45) is 1.46. The molecule has 0 aliphatic carbocycles. The summed E-state index contributed by atoms with van der Waals surface area (Å²) in [5, 5.41) is 2.35. The smallest absolute Gasteiger partial charge is 0.237 e. The molecule has 5 N–H and O–H groups in total. The topological polar surface area (TPSA) is 84.9 Å². The maximum Gasteiger partial charge on any atom is 0.237 e. The molecule has 1 heterocycles. The largest absolute Gasteiger partial charge is 0.368 e. The van der Waals surface area contributed by atoms with Gasteiger partial charge in [0.15, 0.2) is 0 Å². The maximum absolute atomic E-state index is 11.1. The number of thioether (sulfide) groups is 1. The number of para-hydroxylation sites is 1. The molecule has 0 radical (unpaired) electrons. The van der Waals surface area contributed by atoms with Crippen LogP contribution >= 0.6 is 11.8 Å². The zero-order valence-corrected chi connectivity index (χ0v) is 11.8. The molecular formula is C14H19N3OS. The molecule has 0 saturated carbocycles. The lowest BCUT2D eigenvalue weighted by atomic mass is 9.97. The molecular weight excluding hydrogens is 258 g/mol. The van der Waals surface area contributed by atoms with Crippen LogP contribution < -0.4 is 11.5 Å². The van der Waals surface area contributed by atoms with Gasteiger partial charge < -0.3 is 16.5 Å². The number of carbonyl (C=O) groups is 1. The first-order chi connectivity index (χ1) is 8.99. The molecule has 1 aromatic carbocycles. The molecule has 102 valence electrons. The Morgan fingerprint density at radius 3 is 2.84 bits per heavy atom. The predicted octanol–water partition coefficient (Wildman–Crippen LogP) is 2.24. The van der Waals surface area contributed by atoms with Crippen molar-refractivity contribution < 1.29 is 4.79 Å². The Labute approximate surface area is 116 Å². The van der Waals surface area contributed by atoms with E-state index in [-0.39, 0.29) is 0 Å². The fourth-order valence-corrected chi connectivity index (χ4v) is 2.77. The van der Waals surface area contributed by atoms with Gasteiger partial charge in [-0.2, -0.15) is 0 Å². The van der Waals surface area contributed by atoms with Crippen molar-refractivity contribution in [3.05, 3.63) is 30.3 Å². The lowest BCUT2D eigenvalue weighted by Crippen LogP contribution is -2.49. The number of aromatic nitrogens is 1. The first-order valence-electron chi connectivity index (χ1n) is 6.28. The summed E-state index contributed by atoms with van der Waals surface area (Å²) in [4.78, 5) is 14.4. The summed E-state index contributed by atoms with van der Waals surface area (Å²) in [5.74, 6) is 0.468. The van der Waals surface area contributed by atoms with Crippen molar-refractivity contribution in [1.82, 2.24) is 4.98 Å². The highest BCUT2D eigenvalue weighted by atomic mass is 32.2. The van der Waals surface area contributed by atoms with Crippen LogP contribution in [0.4, 0.5) is 0 Å². The van der Waals surface area contributed by atoms with Gasteiger partial charge in [0.2, 0.25) is 5.91 Å². The van der Waals surface area contributed by atoms with Crippen molar-refractivity contribution in [3.8, 4) is 0 Å². The summed E-state index contributed by atoms with van der Waals surface area (Å²) in [5.41, 5.74) is 11.3. The van der Waals surface area contributed by atoms with Crippen molar-refractivity contribution in [2.75, 3.05) is 5.75 Å². The molecule has 5 heteroatoms. The van der Waals surface area contributed by atoms with Gasteiger partial charge in [-0.25, -0.2) is 0 Å². The Kier molecular flexibility index (Phi) is 4.17. The van der Waals surface area contributed by atoms with E-state index in [0.29, 0.717) is 6.42 Å². The monoisotopic (exact) mass is 277 g/mol. The number of amides is 1. The maximum atomic E-state index is 11.1. The van der Waals surface area contributed by atoms with Gasteiger partial charge in [-0.1, -0.05) is 18.2 Å². The number of nitrogens with one attached hydrogen (secondary N) is 1. The van der Waals surface area contributed by atoms with Gasteiger partial charge >= 0.3 is 0 Å². The Morgan fingerprint density at radius 1 is 1.42 bits per heavy atom. The zero-order valence-electron chi connectivity index (χ0n) is 11.0. The summed E-state index contributed by atoms with van der Waals surface area (Å²) in [6.45, 7) is 1.68. The molecule has 1 aromatic heterocycles. The lowest BCUT2D eigenvalue weighted by molar-refractivity contribution is -0.122. The number of primary amides is 1. The van der Waals surface area contributed by atoms with E-state index in [4.69, 9.17) is 11.5 Å². The van der Waals surface area contributed by atoms with Crippen LogP contribution in [0.2, 0.25) is 0 Å². The van der Waals surface area contributed by atoms with Crippen molar-refractivity contribution in [3.63, 3.8) is 0 Å². The fourth-order valence-electron chi connectivity index (χ4n) is 1.87. The summed E-state index contributed by atoms with van der Waals surface area (Å²) in [7, 11) is 0. The van der Waals surface area contributed by atoms with Gasteiger partial charge in [-0.05, 0) is 37.7 Å². The Hall–Kier alpha value is -1.46. The minimum Gasteiger partial charge on any atom is -0.368 e. The fraction of sp³-hybridized carbons (Fsp3) is 0.357. The van der Waals surface area contributed by atoms with E-state index in [1.807, 2.05) is 12.1 Å². The average Bonchev–Trinajstić information content (AvgIpc) is 2.77. The summed E-state index contributed by atoms with van der Waals surface area (Å²) >= 11 is 1.74. The van der Waals surface area contributed by atoms with E-state index in [2.05, 4.69) is 23.2 Å². The minimum atomic E-state index is -0.902. The van der Waals surface area contributed by atoms with E-state index >= 15 is 0 Å². The Balaban J connectivity index is 1.84. The number of aromatic amines is 1. The third-order valence-corrected chi connectivity index (χ3v) is 4.19. The van der Waals surface area contributed by atoms with E-state index in [0.717, 1.165) is 22.7 Å². The third kappa shape index (κ3) is 3.52. The lowest BCUT2D eigenvalue weighted by Gasteiger charge is -2.19. The van der Waals surface area contributed by atoms with Gasteiger partial charge in [-0.3, -0.25) is 4.79 Å². The van der Waals surface area contributed by atoms with Crippen LogP contribution in [0.3, 0.4) is 0 Å². The molecule has 1 amide bonds. The van der Waals surface area contributed by atoms with Crippen LogP contribution in [-0.4, -0.2) is 22.2 Å². The highest BCUT2D eigenvalue weighted by Gasteiger charge is 2.24. The van der Waals surface area contributed by atoms with Gasteiger partial charge in [0.1, 0.15) is 0 Å². The van der Waals surface area contributed by atoms with Crippen molar-refractivity contribution in [2.45, 2.75) is 30.3 Å². The normalized spacial score (nSPS) is 14.4. The van der Waals surface area contributed by atoms with Crippen molar-refractivity contribution in [2.24, 2.45) is 11.5 Å². The van der Waals surface area contributed by atoms with Crippen LogP contribution in [-0.2, 0) is 4.79 Å². The third-order valence-electron chi connectivity index (χ3n) is 3.17. The standard InChI is InChI=1S/C14H19N3OS/c1-14(16,13(15)18)7-4-8-19-12-9-10-5-2-3-6-11(10)17-12/h2-3,5-6,9,17H,4,7-8,16H2,1H3,(H2,15,18). The van der Waals surface area contributed by atoms with E-state index in [1.165, 1.54) is 5.39 Å². The molecule has 19 heavy (non-hydrogen) atoms. The van der Waals surface area contributed by atoms with Crippen LogP contribution in [0, 0.1) is 0 Å². The van der Waals surface area contributed by atoms with Gasteiger partial charge in [0.25, 0.3) is 0 Å². The number of carbonyl (C=O) groups excluding carboxylic acids is 1. The summed E-state index contributed by atoms with van der Waals surface area (Å²) in [6, 6.07) is 10.3. The Morgan fingerprint density at radius 2 is 2.16 bits per heavy atom. The zero-order chi connectivity index (χ0) is 13.9. The highest BCUT2D eigenvalue weighted by molar-refractivity contribution is 7.99. The molecule has 1 unspecified atom stereocenters. The predicted molar refractivity (Wildman–Crippen MR) is 80.0 cm³/mol. The van der Waals surface area contributed by atoms with Crippen molar-refractivity contribution in [1.29, 1.82) is 0 Å². The van der Waals surface area contributed by atoms with Crippen LogP contribution in [0.25, 0.3) is 10.9 Å². The number of hydrogen-bond donors (Lipinski definition) is 3. The minimum absolute atomic E-state index is 0.442. The second-order valence-electron chi connectivity index (χ2n) is 4.95. The molecule has 4 nitrogen and oxygen atoms in total. The number of hydrogen-bond acceptors (Lipinski definition) is 3. The first-order valence-corrected chi connectivity index (χ1v) is 7.27. The second-order valence-corrected chi connectivity index (χ2v) is 6.09. The summed E-state index contributed by atoms with van der Waals surface area (Å²) < 4.78 is 0. The first kappa shape index (κ1) is 14.0. The Bertz CT molecular complexity index is 544. The van der Waals surface area contributed by atoms with E-state index < -0.39 is 11.4 Å². The van der Waals surface area contributed by atoms with Crippen molar-refractivity contribution >= 4 is 28.6 Å². The number of rotatable bonds is 6. The quantitative estimate of drug-likeness (QED) is 0.559. The SMILES string of the molecule is CC(N)(CCCSc1cc2ccccc2[nH]1)C(N)=O. The molecule has 0 aliphatic heterocycles. The van der Waals surface area contributed by atoms with Crippen LogP contribution in [0.15, 0.2) is 35.4 Å². The van der Waals surface area contributed by atoms with E-state index in [1.54, 1.807) is 18.7 Å². The molecule has 1 atom stereocenters. The number of fused-ring (bicyclic) bond motifs is 1.